The van der Waals surface area contributed by atoms with E-state index in [4.69, 9.17) is 15.4 Å². The molecule has 0 radical (unpaired) electrons. The van der Waals surface area contributed by atoms with E-state index in [1.165, 1.54) is 7.11 Å². The molecule has 0 aliphatic heterocycles. The lowest BCUT2D eigenvalue weighted by Crippen LogP contribution is -2.05. The minimum atomic E-state index is -3.81. The molecule has 4 nitrogen and oxygen atoms in total. The van der Waals surface area contributed by atoms with E-state index in [2.05, 4.69) is 13.8 Å². The molecule has 0 aliphatic carbocycles. The number of benzene rings is 1. The maximum atomic E-state index is 11.8. The highest BCUT2D eigenvalue weighted by atomic mass is 35.7. The zero-order valence-corrected chi connectivity index (χ0v) is 13.3. The summed E-state index contributed by atoms with van der Waals surface area (Å²) in [6.07, 6.45) is 2.62. The second-order valence-electron chi connectivity index (χ2n) is 4.95. The average Bonchev–Trinajstić information content (AvgIpc) is 2.77. The van der Waals surface area contributed by atoms with Crippen LogP contribution in [-0.4, -0.2) is 20.1 Å². The Morgan fingerprint density at radius 3 is 2.65 bits per heavy atom. The van der Waals surface area contributed by atoms with Gasteiger partial charge >= 0.3 is 0 Å². The molecule has 1 aromatic carbocycles. The van der Waals surface area contributed by atoms with Crippen molar-refractivity contribution in [1.82, 2.24) is 4.57 Å². The van der Waals surface area contributed by atoms with Gasteiger partial charge in [0.1, 0.15) is 10.6 Å². The molecule has 110 valence electrons. The monoisotopic (exact) mass is 315 g/mol. The van der Waals surface area contributed by atoms with E-state index in [-0.39, 0.29) is 4.90 Å². The van der Waals surface area contributed by atoms with Crippen molar-refractivity contribution in [2.24, 2.45) is 5.92 Å². The van der Waals surface area contributed by atoms with Gasteiger partial charge in [0, 0.05) is 23.4 Å². The van der Waals surface area contributed by atoms with Crippen LogP contribution in [0.3, 0.4) is 0 Å². The topological polar surface area (TPSA) is 48.3 Å². The highest BCUT2D eigenvalue weighted by molar-refractivity contribution is 8.14. The Balaban J connectivity index is 2.73. The van der Waals surface area contributed by atoms with Gasteiger partial charge in [0.2, 0.25) is 0 Å². The lowest BCUT2D eigenvalue weighted by atomic mass is 10.1. The van der Waals surface area contributed by atoms with E-state index >= 15 is 0 Å². The number of ether oxygens (including phenoxy) is 1. The molecule has 0 saturated heterocycles. The molecular formula is C14H18ClNO3S. The lowest BCUT2D eigenvalue weighted by molar-refractivity contribution is 0.419. The smallest absolute Gasteiger partial charge is 0.263 e. The predicted molar refractivity (Wildman–Crippen MR) is 81.0 cm³/mol. The molecule has 1 heterocycles. The van der Waals surface area contributed by atoms with Crippen molar-refractivity contribution in [3.05, 3.63) is 24.4 Å². The molecule has 0 aliphatic rings. The third-order valence-electron chi connectivity index (χ3n) is 3.52. The minimum Gasteiger partial charge on any atom is -0.496 e. The minimum absolute atomic E-state index is 0.106. The third-order valence-corrected chi connectivity index (χ3v) is 4.85. The fourth-order valence-corrected chi connectivity index (χ4v) is 3.31. The summed E-state index contributed by atoms with van der Waals surface area (Å²) in [7, 11) is 3.26. The number of aromatic nitrogens is 1. The number of nitrogens with zero attached hydrogens (tertiary/aromatic N) is 1. The fourth-order valence-electron chi connectivity index (χ4n) is 2.25. The second-order valence-corrected chi connectivity index (χ2v) is 7.49. The first-order valence-electron chi connectivity index (χ1n) is 6.49. The van der Waals surface area contributed by atoms with Gasteiger partial charge in [-0.3, -0.25) is 0 Å². The molecule has 1 atom stereocenters. The molecule has 1 aromatic heterocycles. The van der Waals surface area contributed by atoms with Crippen LogP contribution in [0.2, 0.25) is 0 Å². The van der Waals surface area contributed by atoms with Gasteiger partial charge in [-0.1, -0.05) is 26.3 Å². The van der Waals surface area contributed by atoms with E-state index in [1.807, 2.05) is 16.7 Å². The number of halogens is 1. The Hall–Kier alpha value is -1.20. The van der Waals surface area contributed by atoms with Crippen molar-refractivity contribution in [2.45, 2.75) is 31.7 Å². The zero-order valence-electron chi connectivity index (χ0n) is 11.8. The van der Waals surface area contributed by atoms with Crippen LogP contribution in [0.4, 0.5) is 0 Å². The zero-order chi connectivity index (χ0) is 14.9. The summed E-state index contributed by atoms with van der Waals surface area (Å²) < 4.78 is 30.8. The molecule has 1 unspecified atom stereocenters. The van der Waals surface area contributed by atoms with Gasteiger partial charge in [0.25, 0.3) is 9.05 Å². The summed E-state index contributed by atoms with van der Waals surface area (Å²) in [6.45, 7) is 4.98. The molecule has 20 heavy (non-hydrogen) atoms. The Morgan fingerprint density at radius 1 is 1.40 bits per heavy atom. The van der Waals surface area contributed by atoms with Crippen LogP contribution in [0.25, 0.3) is 10.9 Å². The van der Waals surface area contributed by atoms with Crippen LogP contribution in [0.1, 0.15) is 20.3 Å². The average molecular weight is 316 g/mol. The first-order chi connectivity index (χ1) is 9.38. The highest BCUT2D eigenvalue weighted by Gasteiger charge is 2.22. The van der Waals surface area contributed by atoms with E-state index in [0.29, 0.717) is 17.1 Å². The van der Waals surface area contributed by atoms with Crippen molar-refractivity contribution >= 4 is 30.6 Å². The van der Waals surface area contributed by atoms with E-state index < -0.39 is 9.05 Å². The summed E-state index contributed by atoms with van der Waals surface area (Å²) in [6, 6.07) is 5.46. The van der Waals surface area contributed by atoms with Crippen molar-refractivity contribution in [3.63, 3.8) is 0 Å². The van der Waals surface area contributed by atoms with Gasteiger partial charge in [-0.25, -0.2) is 8.42 Å². The number of fused-ring (bicyclic) bond motifs is 1. The Labute approximate surface area is 123 Å². The van der Waals surface area contributed by atoms with Crippen molar-refractivity contribution in [2.75, 3.05) is 7.11 Å². The third kappa shape index (κ3) is 2.79. The normalized spacial score (nSPS) is 13.6. The van der Waals surface area contributed by atoms with Crippen molar-refractivity contribution in [1.29, 1.82) is 0 Å². The molecule has 0 N–H and O–H groups in total. The maximum absolute atomic E-state index is 11.8. The van der Waals surface area contributed by atoms with E-state index in [9.17, 15) is 8.42 Å². The van der Waals surface area contributed by atoms with Crippen LogP contribution in [0.5, 0.6) is 5.75 Å². The van der Waals surface area contributed by atoms with E-state index in [0.717, 1.165) is 18.5 Å². The maximum Gasteiger partial charge on any atom is 0.263 e. The van der Waals surface area contributed by atoms with Gasteiger partial charge < -0.3 is 9.30 Å². The summed E-state index contributed by atoms with van der Waals surface area (Å²) in [5.74, 6) is 0.965. The van der Waals surface area contributed by atoms with Gasteiger partial charge in [-0.2, -0.15) is 0 Å². The van der Waals surface area contributed by atoms with Gasteiger partial charge in [0.15, 0.2) is 0 Å². The number of hydrogen-bond donors (Lipinski definition) is 0. The second kappa shape index (κ2) is 5.66. The number of hydrogen-bond acceptors (Lipinski definition) is 3. The number of methoxy groups -OCH3 is 1. The van der Waals surface area contributed by atoms with Crippen molar-refractivity contribution in [3.8, 4) is 5.75 Å². The highest BCUT2D eigenvalue weighted by Crippen LogP contribution is 2.35. The molecule has 0 spiro atoms. The van der Waals surface area contributed by atoms with Crippen LogP contribution in [-0.2, 0) is 15.6 Å². The van der Waals surface area contributed by atoms with Crippen LogP contribution in [0, 0.1) is 5.92 Å². The first-order valence-corrected chi connectivity index (χ1v) is 8.80. The molecule has 0 fully saturated rings. The number of rotatable bonds is 5. The van der Waals surface area contributed by atoms with Crippen LogP contribution >= 0.6 is 10.7 Å². The van der Waals surface area contributed by atoms with Gasteiger partial charge in [-0.15, -0.1) is 0 Å². The summed E-state index contributed by atoms with van der Waals surface area (Å²) in [5, 5.41) is 0.549. The molecule has 2 rings (SSSR count). The Kier molecular flexibility index (Phi) is 4.30. The summed E-state index contributed by atoms with van der Waals surface area (Å²) in [4.78, 5) is 0.106. The standard InChI is InChI=1S/C14H18ClNO3S/c1-4-10(2)8-16-9-13(20(15,17)18)14-11(16)6-5-7-12(14)19-3/h5-7,9-10H,4,8H2,1-3H3. The molecular weight excluding hydrogens is 298 g/mol. The molecule has 2 aromatic rings. The summed E-state index contributed by atoms with van der Waals surface area (Å²) >= 11 is 0. The molecule has 0 amide bonds. The van der Waals surface area contributed by atoms with Gasteiger partial charge in [0.05, 0.1) is 18.0 Å². The SMILES string of the molecule is CCC(C)Cn1cc(S(=O)(=O)Cl)c2c(OC)cccc21. The fraction of sp³-hybridized carbons (Fsp3) is 0.429. The largest absolute Gasteiger partial charge is 0.496 e. The summed E-state index contributed by atoms with van der Waals surface area (Å²) in [5.41, 5.74) is 0.823. The van der Waals surface area contributed by atoms with Crippen LogP contribution < -0.4 is 4.74 Å². The Morgan fingerprint density at radius 2 is 2.10 bits per heavy atom. The quantitative estimate of drug-likeness (QED) is 0.792. The lowest BCUT2D eigenvalue weighted by Gasteiger charge is -2.11. The van der Waals surface area contributed by atoms with Gasteiger partial charge in [-0.05, 0) is 18.1 Å². The molecule has 0 saturated carbocycles. The molecule has 6 heteroatoms. The predicted octanol–water partition coefficient (Wildman–Crippen LogP) is 3.62. The van der Waals surface area contributed by atoms with Crippen molar-refractivity contribution < 1.29 is 13.2 Å². The van der Waals surface area contributed by atoms with E-state index in [1.54, 1.807) is 12.3 Å². The first kappa shape index (κ1) is 15.2. The molecule has 0 bridgehead atoms. The Bertz CT molecular complexity index is 721. The van der Waals surface area contributed by atoms with Crippen LogP contribution in [0.15, 0.2) is 29.3 Å².